The van der Waals surface area contributed by atoms with Crippen LogP contribution in [0, 0.1) is 0 Å². The highest BCUT2D eigenvalue weighted by molar-refractivity contribution is 5.96. The van der Waals surface area contributed by atoms with Crippen LogP contribution in [0.5, 0.6) is 0 Å². The number of hydrogen-bond donors (Lipinski definition) is 2. The molecule has 138 valence electrons. The molecule has 0 aliphatic rings. The Morgan fingerprint density at radius 3 is 2.74 bits per heavy atom. The maximum absolute atomic E-state index is 13.5. The van der Waals surface area contributed by atoms with Gasteiger partial charge in [-0.3, -0.25) is 10.4 Å². The van der Waals surface area contributed by atoms with Crippen LogP contribution < -0.4 is 5.32 Å². The van der Waals surface area contributed by atoms with Gasteiger partial charge in [-0.05, 0) is 29.8 Å². The average molecular weight is 379 g/mol. The fraction of sp³-hybridized carbons (Fsp3) is 0.0625. The number of carbonyl (C=O) groups excluding carboxylic acids is 1. The fourth-order valence-corrected chi connectivity index (χ4v) is 2.89. The van der Waals surface area contributed by atoms with Crippen molar-refractivity contribution in [3.63, 3.8) is 0 Å². The molecule has 0 aliphatic carbocycles. The zero-order chi connectivity index (χ0) is 19.2. The largest absolute Gasteiger partial charge is 0.450 e. The van der Waals surface area contributed by atoms with E-state index in [0.29, 0.717) is 16.6 Å². The van der Waals surface area contributed by atoms with Gasteiger partial charge in [-0.25, -0.2) is 14.7 Å². The topological polar surface area (TPSA) is 84.3 Å². The third kappa shape index (κ3) is 2.92. The van der Waals surface area contributed by atoms with Crippen molar-refractivity contribution in [1.29, 1.82) is 0 Å². The smallest absolute Gasteiger partial charge is 0.304 e. The van der Waals surface area contributed by atoms with E-state index in [9.17, 15) is 22.5 Å². The molecule has 0 unspecified atom stereocenters. The first-order valence-corrected chi connectivity index (χ1v) is 7.49. The Morgan fingerprint density at radius 1 is 1.19 bits per heavy atom. The molecule has 3 heterocycles. The number of H-pyrrole nitrogens is 1. The lowest BCUT2D eigenvalue weighted by molar-refractivity contribution is -0.137. The molecule has 4 aromatic rings. The molecule has 0 atom stereocenters. The third-order valence-corrected chi connectivity index (χ3v) is 3.97. The molecule has 4 rings (SSSR count). The summed E-state index contributed by atoms with van der Waals surface area (Å²) in [6.07, 6.45) is -1.87. The Kier molecular flexibility index (Phi) is 3.72. The lowest BCUT2D eigenvalue weighted by Gasteiger charge is -2.14. The van der Waals surface area contributed by atoms with Crippen molar-refractivity contribution in [3.05, 3.63) is 48.4 Å². The highest BCUT2D eigenvalue weighted by atomic mass is 19.4. The normalized spacial score (nSPS) is 11.9. The van der Waals surface area contributed by atoms with Gasteiger partial charge in [0.15, 0.2) is 5.82 Å². The Morgan fingerprint density at radius 2 is 2.00 bits per heavy atom. The quantitative estimate of drug-likeness (QED) is 0.508. The van der Waals surface area contributed by atoms with Crippen LogP contribution >= 0.6 is 0 Å². The number of fused-ring (bicyclic) bond motifs is 2. The summed E-state index contributed by atoms with van der Waals surface area (Å²) in [7, 11) is 0. The summed E-state index contributed by atoms with van der Waals surface area (Å²) >= 11 is 0. The van der Waals surface area contributed by atoms with Crippen molar-refractivity contribution in [2.75, 3.05) is 5.32 Å². The minimum atomic E-state index is -4.57. The average Bonchev–Trinajstić information content (AvgIpc) is 3.25. The van der Waals surface area contributed by atoms with Gasteiger partial charge in [0, 0.05) is 21.7 Å². The van der Waals surface area contributed by atoms with Crippen LogP contribution in [0.1, 0.15) is 5.56 Å². The van der Waals surface area contributed by atoms with E-state index >= 15 is 0 Å². The number of anilines is 1. The zero-order valence-corrected chi connectivity index (χ0v) is 13.2. The minimum Gasteiger partial charge on any atom is -0.304 e. The molecule has 0 saturated carbocycles. The highest BCUT2D eigenvalue weighted by Crippen LogP contribution is 2.40. The second kappa shape index (κ2) is 5.97. The van der Waals surface area contributed by atoms with Gasteiger partial charge in [-0.1, -0.05) is 0 Å². The van der Waals surface area contributed by atoms with E-state index in [-0.39, 0.29) is 16.9 Å². The first kappa shape index (κ1) is 16.8. The molecule has 0 radical (unpaired) electrons. The van der Waals surface area contributed by atoms with Gasteiger partial charge in [-0.15, -0.1) is 0 Å². The maximum Gasteiger partial charge on any atom is 0.450 e. The van der Waals surface area contributed by atoms with E-state index in [0.717, 1.165) is 6.07 Å². The van der Waals surface area contributed by atoms with Crippen LogP contribution in [-0.4, -0.2) is 25.7 Å². The number of hydrogen-bond acceptors (Lipinski definition) is 4. The maximum atomic E-state index is 13.5. The summed E-state index contributed by atoms with van der Waals surface area (Å²) in [5, 5.41) is 8.80. The van der Waals surface area contributed by atoms with Gasteiger partial charge >= 0.3 is 12.3 Å². The lowest BCUT2D eigenvalue weighted by Crippen LogP contribution is -2.09. The molecule has 0 bridgehead atoms. The predicted molar refractivity (Wildman–Crippen MR) is 86.5 cm³/mol. The summed E-state index contributed by atoms with van der Waals surface area (Å²) in [5.74, 6) is -0.0210. The number of nitrogens with zero attached hydrogens (tertiary/aromatic N) is 3. The minimum absolute atomic E-state index is 0.0210. The molecule has 27 heavy (non-hydrogen) atoms. The predicted octanol–water partition coefficient (Wildman–Crippen LogP) is 4.33. The molecule has 1 amide bonds. The second-order valence-electron chi connectivity index (χ2n) is 5.62. The van der Waals surface area contributed by atoms with Crippen LogP contribution in [-0.2, 0) is 11.1 Å². The van der Waals surface area contributed by atoms with Crippen molar-refractivity contribution in [3.8, 4) is 11.1 Å². The molecule has 2 N–H and O–H groups in total. The van der Waals surface area contributed by atoms with E-state index in [2.05, 4.69) is 20.1 Å². The molecular weight excluding hydrogens is 370 g/mol. The van der Waals surface area contributed by atoms with Crippen LogP contribution in [0.3, 0.4) is 0 Å². The van der Waals surface area contributed by atoms with Crippen LogP contribution in [0.4, 0.5) is 28.3 Å². The number of aromatic nitrogens is 4. The first-order chi connectivity index (χ1) is 12.9. The number of nitrogens with one attached hydrogen (secondary N) is 2. The van der Waals surface area contributed by atoms with Crippen LogP contribution in [0.2, 0.25) is 0 Å². The number of carbonyl (C=O) groups is 1. The SMILES string of the molecule is O=C(Nc1cn2cc(-c3c(C(F)(F)F)ccc4[nH]ncc34)ccc2n1)OF. The molecule has 7 nitrogen and oxygen atoms in total. The summed E-state index contributed by atoms with van der Waals surface area (Å²) in [4.78, 5) is 17.9. The van der Waals surface area contributed by atoms with Crippen molar-refractivity contribution in [1.82, 2.24) is 19.6 Å². The highest BCUT2D eigenvalue weighted by Gasteiger charge is 2.34. The van der Waals surface area contributed by atoms with Gasteiger partial charge in [0.1, 0.15) is 5.65 Å². The monoisotopic (exact) mass is 379 g/mol. The van der Waals surface area contributed by atoms with Crippen molar-refractivity contribution >= 4 is 28.5 Å². The van der Waals surface area contributed by atoms with E-state index < -0.39 is 17.8 Å². The molecule has 3 aromatic heterocycles. The molecule has 1 aromatic carbocycles. The lowest BCUT2D eigenvalue weighted by atomic mass is 9.97. The Bertz CT molecular complexity index is 1160. The summed E-state index contributed by atoms with van der Waals surface area (Å²) < 4.78 is 53.8. The summed E-state index contributed by atoms with van der Waals surface area (Å²) in [5.41, 5.74) is 0.203. The first-order valence-electron chi connectivity index (χ1n) is 7.49. The molecule has 11 heteroatoms. The van der Waals surface area contributed by atoms with Crippen LogP contribution in [0.15, 0.2) is 42.9 Å². The molecule has 0 saturated heterocycles. The summed E-state index contributed by atoms with van der Waals surface area (Å²) in [6, 6.07) is 5.24. The molecular formula is C16H9F4N5O2. The van der Waals surface area contributed by atoms with Gasteiger partial charge in [0.2, 0.25) is 0 Å². The number of benzene rings is 1. The van der Waals surface area contributed by atoms with E-state index in [4.69, 9.17) is 0 Å². The molecule has 0 fully saturated rings. The van der Waals surface area contributed by atoms with Crippen LogP contribution in [0.25, 0.3) is 27.7 Å². The van der Waals surface area contributed by atoms with E-state index in [1.54, 1.807) is 0 Å². The number of rotatable bonds is 2. The Labute approximate surface area is 147 Å². The number of halogens is 4. The van der Waals surface area contributed by atoms with E-state index in [1.807, 2.05) is 5.32 Å². The van der Waals surface area contributed by atoms with Gasteiger partial charge in [0.05, 0.1) is 23.5 Å². The van der Waals surface area contributed by atoms with E-state index in [1.165, 1.54) is 41.2 Å². The van der Waals surface area contributed by atoms with Gasteiger partial charge in [-0.2, -0.15) is 18.3 Å². The van der Waals surface area contributed by atoms with Crippen molar-refractivity contribution < 1.29 is 27.4 Å². The molecule has 0 spiro atoms. The Hall–Kier alpha value is -3.63. The fourth-order valence-electron chi connectivity index (χ4n) is 2.89. The number of pyridine rings is 1. The van der Waals surface area contributed by atoms with Crippen molar-refractivity contribution in [2.24, 2.45) is 0 Å². The van der Waals surface area contributed by atoms with Gasteiger partial charge in [0.25, 0.3) is 0 Å². The summed E-state index contributed by atoms with van der Waals surface area (Å²) in [6.45, 7) is 0. The number of aromatic amines is 1. The standard InChI is InChI=1S/C16H9F4N5O2/c17-16(18,19)10-2-3-11-9(5-21-24-11)14(10)8-1-4-13-22-12(7-25(13)6-8)23-15(26)27-20/h1-7H,(H,21,24)(H,23,26). The van der Waals surface area contributed by atoms with Gasteiger partial charge < -0.3 is 4.40 Å². The molecule has 0 aliphatic heterocycles. The third-order valence-electron chi connectivity index (χ3n) is 3.97. The number of alkyl halides is 3. The number of amides is 1. The second-order valence-corrected chi connectivity index (χ2v) is 5.62. The number of imidazole rings is 1. The Balaban J connectivity index is 1.89. The zero-order valence-electron chi connectivity index (χ0n) is 13.2. The van der Waals surface area contributed by atoms with Crippen molar-refractivity contribution in [2.45, 2.75) is 6.18 Å².